The van der Waals surface area contributed by atoms with Crippen LogP contribution in [0.15, 0.2) is 84.9 Å². The zero-order chi connectivity index (χ0) is 18.6. The van der Waals surface area contributed by atoms with Gasteiger partial charge in [0.15, 0.2) is 5.78 Å². The molecule has 3 aromatic rings. The highest BCUT2D eigenvalue weighted by molar-refractivity contribution is 6.01. The van der Waals surface area contributed by atoms with Crippen LogP contribution in [0.1, 0.15) is 40.7 Å². The van der Waals surface area contributed by atoms with Gasteiger partial charge < -0.3 is 4.90 Å². The largest absolute Gasteiger partial charge is 0.367 e. The molecule has 0 radical (unpaired) electrons. The fourth-order valence-corrected chi connectivity index (χ4v) is 4.15. The first-order chi connectivity index (χ1) is 13.2. The third-order valence-electron chi connectivity index (χ3n) is 5.41. The van der Waals surface area contributed by atoms with Crippen molar-refractivity contribution in [2.75, 3.05) is 11.4 Å². The second kappa shape index (κ2) is 7.79. The normalized spacial score (nSPS) is 19.2. The van der Waals surface area contributed by atoms with Crippen molar-refractivity contribution in [2.45, 2.75) is 25.8 Å². The van der Waals surface area contributed by atoms with Crippen LogP contribution in [0.4, 0.5) is 5.69 Å². The van der Waals surface area contributed by atoms with E-state index in [0.29, 0.717) is 5.92 Å². The van der Waals surface area contributed by atoms with Crippen molar-refractivity contribution < 1.29 is 4.79 Å². The summed E-state index contributed by atoms with van der Waals surface area (Å²) >= 11 is 0. The van der Waals surface area contributed by atoms with Crippen molar-refractivity contribution in [1.82, 2.24) is 0 Å². The van der Waals surface area contributed by atoms with E-state index in [0.717, 1.165) is 30.6 Å². The van der Waals surface area contributed by atoms with E-state index in [2.05, 4.69) is 66.4 Å². The number of Topliss-reactive ketones (excluding diaryl/α,β-unsaturated/α-hetero) is 1. The highest BCUT2D eigenvalue weighted by Gasteiger charge is 2.31. The molecule has 0 aliphatic carbocycles. The molecule has 1 aliphatic rings. The standard InChI is InChI=1S/C25H25NO/c1-19-16-23(25(27)21-12-6-3-7-13-21)22-14-8-9-15-24(22)26(17-19)18-20-10-4-2-5-11-20/h2-15,19,23H,16-18H2,1H3. The molecule has 0 saturated carbocycles. The Bertz CT molecular complexity index is 904. The first-order valence-corrected chi connectivity index (χ1v) is 9.69. The lowest BCUT2D eigenvalue weighted by molar-refractivity contribution is 0.0949. The number of hydrogen-bond donors (Lipinski definition) is 0. The van der Waals surface area contributed by atoms with E-state index in [1.165, 1.54) is 11.3 Å². The van der Waals surface area contributed by atoms with Gasteiger partial charge in [-0.05, 0) is 29.5 Å². The summed E-state index contributed by atoms with van der Waals surface area (Å²) in [7, 11) is 0. The van der Waals surface area contributed by atoms with E-state index in [1.54, 1.807) is 0 Å². The van der Waals surface area contributed by atoms with Gasteiger partial charge in [-0.1, -0.05) is 85.8 Å². The predicted molar refractivity (Wildman–Crippen MR) is 111 cm³/mol. The summed E-state index contributed by atoms with van der Waals surface area (Å²) in [5.41, 5.74) is 4.46. The number of ketones is 1. The van der Waals surface area contributed by atoms with Crippen LogP contribution in [0.25, 0.3) is 0 Å². The number of nitrogens with zero attached hydrogens (tertiary/aromatic N) is 1. The minimum Gasteiger partial charge on any atom is -0.367 e. The SMILES string of the molecule is CC1CC(C(=O)c2ccccc2)c2ccccc2N(Cc2ccccc2)C1. The average molecular weight is 355 g/mol. The predicted octanol–water partition coefficient (Wildman–Crippen LogP) is 5.70. The van der Waals surface area contributed by atoms with Crippen LogP contribution in [0.3, 0.4) is 0 Å². The third kappa shape index (κ3) is 3.80. The van der Waals surface area contributed by atoms with E-state index >= 15 is 0 Å². The number of fused-ring (bicyclic) bond motifs is 1. The van der Waals surface area contributed by atoms with Crippen molar-refractivity contribution in [3.63, 3.8) is 0 Å². The molecule has 0 fully saturated rings. The molecule has 1 heterocycles. The monoisotopic (exact) mass is 355 g/mol. The van der Waals surface area contributed by atoms with Crippen molar-refractivity contribution in [1.29, 1.82) is 0 Å². The Kier molecular flexibility index (Phi) is 5.06. The Morgan fingerprint density at radius 3 is 2.26 bits per heavy atom. The summed E-state index contributed by atoms with van der Waals surface area (Å²) < 4.78 is 0. The molecule has 0 N–H and O–H groups in total. The second-order valence-electron chi connectivity index (χ2n) is 7.55. The number of hydrogen-bond acceptors (Lipinski definition) is 2. The Hall–Kier alpha value is -2.87. The molecule has 1 aliphatic heterocycles. The van der Waals surface area contributed by atoms with E-state index in [1.807, 2.05) is 30.3 Å². The Balaban J connectivity index is 1.71. The number of rotatable bonds is 4. The van der Waals surface area contributed by atoms with Gasteiger partial charge in [-0.3, -0.25) is 4.79 Å². The van der Waals surface area contributed by atoms with E-state index in [4.69, 9.17) is 0 Å². The molecule has 0 saturated heterocycles. The molecule has 4 rings (SSSR count). The lowest BCUT2D eigenvalue weighted by atomic mass is 9.84. The van der Waals surface area contributed by atoms with Crippen LogP contribution in [0.5, 0.6) is 0 Å². The Morgan fingerprint density at radius 1 is 0.889 bits per heavy atom. The fourth-order valence-electron chi connectivity index (χ4n) is 4.15. The second-order valence-corrected chi connectivity index (χ2v) is 7.55. The molecule has 2 atom stereocenters. The number of para-hydroxylation sites is 1. The molecule has 136 valence electrons. The first kappa shape index (κ1) is 17.5. The minimum atomic E-state index is -0.0839. The summed E-state index contributed by atoms with van der Waals surface area (Å²) in [4.78, 5) is 15.7. The van der Waals surface area contributed by atoms with Gasteiger partial charge in [-0.2, -0.15) is 0 Å². The van der Waals surface area contributed by atoms with Gasteiger partial charge in [-0.25, -0.2) is 0 Å². The zero-order valence-corrected chi connectivity index (χ0v) is 15.7. The maximum absolute atomic E-state index is 13.3. The Labute approximate surface area is 161 Å². The highest BCUT2D eigenvalue weighted by atomic mass is 16.1. The van der Waals surface area contributed by atoms with Gasteiger partial charge in [-0.15, -0.1) is 0 Å². The molecule has 2 heteroatoms. The molecule has 0 bridgehead atoms. The smallest absolute Gasteiger partial charge is 0.170 e. The topological polar surface area (TPSA) is 20.3 Å². The van der Waals surface area contributed by atoms with Gasteiger partial charge >= 0.3 is 0 Å². The van der Waals surface area contributed by atoms with Crippen LogP contribution >= 0.6 is 0 Å². The lowest BCUT2D eigenvalue weighted by Crippen LogP contribution is -2.27. The molecular formula is C25H25NO. The molecule has 27 heavy (non-hydrogen) atoms. The van der Waals surface area contributed by atoms with Crippen LogP contribution < -0.4 is 4.90 Å². The molecular weight excluding hydrogens is 330 g/mol. The molecule has 0 amide bonds. The van der Waals surface area contributed by atoms with Gasteiger partial charge in [0.2, 0.25) is 0 Å². The number of benzene rings is 3. The van der Waals surface area contributed by atoms with Gasteiger partial charge in [0.1, 0.15) is 0 Å². The lowest BCUT2D eigenvalue weighted by Gasteiger charge is -2.27. The average Bonchev–Trinajstić information content (AvgIpc) is 2.86. The highest BCUT2D eigenvalue weighted by Crippen LogP contribution is 2.38. The summed E-state index contributed by atoms with van der Waals surface area (Å²) in [6.07, 6.45) is 0.885. The van der Waals surface area contributed by atoms with Gasteiger partial charge in [0, 0.05) is 30.3 Å². The van der Waals surface area contributed by atoms with Gasteiger partial charge in [0.05, 0.1) is 0 Å². The third-order valence-corrected chi connectivity index (χ3v) is 5.41. The van der Waals surface area contributed by atoms with Crippen molar-refractivity contribution >= 4 is 11.5 Å². The minimum absolute atomic E-state index is 0.0839. The zero-order valence-electron chi connectivity index (χ0n) is 15.7. The first-order valence-electron chi connectivity index (χ1n) is 9.69. The summed E-state index contributed by atoms with van der Waals surface area (Å²) in [6, 6.07) is 28.7. The van der Waals surface area contributed by atoms with Crippen molar-refractivity contribution in [3.05, 3.63) is 102 Å². The Morgan fingerprint density at radius 2 is 1.52 bits per heavy atom. The number of carbonyl (C=O) groups is 1. The van der Waals surface area contributed by atoms with E-state index in [-0.39, 0.29) is 11.7 Å². The van der Waals surface area contributed by atoms with Crippen molar-refractivity contribution in [3.8, 4) is 0 Å². The van der Waals surface area contributed by atoms with Crippen LogP contribution in [-0.2, 0) is 6.54 Å². The maximum Gasteiger partial charge on any atom is 0.170 e. The summed E-state index contributed by atoms with van der Waals surface area (Å²) in [5.74, 6) is 0.592. The fraction of sp³-hybridized carbons (Fsp3) is 0.240. The molecule has 0 aromatic heterocycles. The van der Waals surface area contributed by atoms with E-state index < -0.39 is 0 Å². The van der Waals surface area contributed by atoms with E-state index in [9.17, 15) is 4.79 Å². The number of anilines is 1. The molecule has 3 aromatic carbocycles. The summed E-state index contributed by atoms with van der Waals surface area (Å²) in [5, 5.41) is 0. The molecule has 2 unspecified atom stereocenters. The maximum atomic E-state index is 13.3. The molecule has 2 nitrogen and oxygen atoms in total. The quantitative estimate of drug-likeness (QED) is 0.560. The van der Waals surface area contributed by atoms with Crippen LogP contribution in [0, 0.1) is 5.92 Å². The molecule has 0 spiro atoms. The number of carbonyl (C=O) groups excluding carboxylic acids is 1. The van der Waals surface area contributed by atoms with Crippen LogP contribution in [-0.4, -0.2) is 12.3 Å². The van der Waals surface area contributed by atoms with Crippen molar-refractivity contribution in [2.24, 2.45) is 5.92 Å². The van der Waals surface area contributed by atoms with Crippen LogP contribution in [0.2, 0.25) is 0 Å². The van der Waals surface area contributed by atoms with Gasteiger partial charge in [0.25, 0.3) is 0 Å². The summed E-state index contributed by atoms with van der Waals surface area (Å²) in [6.45, 7) is 4.09.